The summed E-state index contributed by atoms with van der Waals surface area (Å²) in [5.41, 5.74) is 2.16. The predicted octanol–water partition coefficient (Wildman–Crippen LogP) is 3.58. The van der Waals surface area contributed by atoms with E-state index in [1.54, 1.807) is 24.5 Å². The molecule has 0 amide bonds. The third-order valence-electron chi connectivity index (χ3n) is 3.24. The number of benzene rings is 1. The molecular formula is C16H14N6O2. The van der Waals surface area contributed by atoms with Crippen LogP contribution in [0.2, 0.25) is 0 Å². The fourth-order valence-corrected chi connectivity index (χ4v) is 2.08. The lowest BCUT2D eigenvalue weighted by molar-refractivity contribution is -0.383. The lowest BCUT2D eigenvalue weighted by Gasteiger charge is -2.10. The molecule has 8 heteroatoms. The van der Waals surface area contributed by atoms with Crippen LogP contribution in [0.5, 0.6) is 0 Å². The molecule has 8 nitrogen and oxygen atoms in total. The zero-order valence-electron chi connectivity index (χ0n) is 12.8. The van der Waals surface area contributed by atoms with Crippen molar-refractivity contribution in [1.82, 2.24) is 15.0 Å². The van der Waals surface area contributed by atoms with Gasteiger partial charge in [0.15, 0.2) is 0 Å². The van der Waals surface area contributed by atoms with E-state index in [0.29, 0.717) is 11.4 Å². The van der Waals surface area contributed by atoms with E-state index in [2.05, 4.69) is 25.6 Å². The molecule has 2 heterocycles. The maximum Gasteiger partial charge on any atom is 0.353 e. The first-order valence-corrected chi connectivity index (χ1v) is 7.13. The minimum atomic E-state index is -0.519. The molecule has 0 radical (unpaired) electrons. The van der Waals surface area contributed by atoms with Crippen LogP contribution in [-0.2, 0) is 0 Å². The van der Waals surface area contributed by atoms with Crippen molar-refractivity contribution >= 4 is 28.7 Å². The van der Waals surface area contributed by atoms with E-state index >= 15 is 0 Å². The highest BCUT2D eigenvalue weighted by atomic mass is 16.6. The summed E-state index contributed by atoms with van der Waals surface area (Å²) in [5, 5.41) is 17.4. The van der Waals surface area contributed by atoms with Gasteiger partial charge in [-0.2, -0.15) is 0 Å². The lowest BCUT2D eigenvalue weighted by Crippen LogP contribution is -2.05. The van der Waals surface area contributed by atoms with Gasteiger partial charge in [0.25, 0.3) is 0 Å². The summed E-state index contributed by atoms with van der Waals surface area (Å²) in [7, 11) is 0. The number of nitro groups is 1. The molecule has 0 bridgehead atoms. The summed E-state index contributed by atoms with van der Waals surface area (Å²) in [6, 6.07) is 10.9. The third-order valence-corrected chi connectivity index (χ3v) is 3.24. The van der Waals surface area contributed by atoms with Crippen LogP contribution >= 0.6 is 0 Å². The van der Waals surface area contributed by atoms with Crippen molar-refractivity contribution in [2.45, 2.75) is 6.92 Å². The Balaban J connectivity index is 1.96. The second-order valence-electron chi connectivity index (χ2n) is 5.03. The summed E-state index contributed by atoms with van der Waals surface area (Å²) >= 11 is 0. The van der Waals surface area contributed by atoms with Crippen molar-refractivity contribution in [1.29, 1.82) is 0 Å². The Labute approximate surface area is 137 Å². The number of aromatic nitrogens is 3. The van der Waals surface area contributed by atoms with Crippen molar-refractivity contribution in [2.75, 3.05) is 10.6 Å². The molecule has 0 unspecified atom stereocenters. The van der Waals surface area contributed by atoms with Crippen LogP contribution in [0.1, 0.15) is 5.56 Å². The van der Waals surface area contributed by atoms with Crippen LogP contribution in [0, 0.1) is 17.0 Å². The maximum absolute atomic E-state index is 11.5. The Morgan fingerprint density at radius 1 is 1.00 bits per heavy atom. The van der Waals surface area contributed by atoms with E-state index in [0.717, 1.165) is 5.56 Å². The lowest BCUT2D eigenvalue weighted by atomic mass is 10.2. The molecule has 2 aromatic heterocycles. The zero-order chi connectivity index (χ0) is 16.9. The van der Waals surface area contributed by atoms with Crippen molar-refractivity contribution in [3.05, 3.63) is 70.8 Å². The molecule has 2 N–H and O–H groups in total. The van der Waals surface area contributed by atoms with Gasteiger partial charge in [-0.1, -0.05) is 17.7 Å². The highest BCUT2D eigenvalue weighted by Crippen LogP contribution is 2.32. The molecule has 1 aromatic carbocycles. The number of hydrogen-bond donors (Lipinski definition) is 2. The molecule has 0 aliphatic rings. The zero-order valence-corrected chi connectivity index (χ0v) is 12.8. The number of pyridine rings is 1. The monoisotopic (exact) mass is 322 g/mol. The topological polar surface area (TPSA) is 106 Å². The van der Waals surface area contributed by atoms with Gasteiger partial charge in [0.1, 0.15) is 6.33 Å². The largest absolute Gasteiger partial charge is 0.353 e. The van der Waals surface area contributed by atoms with Gasteiger partial charge in [-0.25, -0.2) is 9.97 Å². The number of nitrogens with zero attached hydrogens (tertiary/aromatic N) is 4. The first kappa shape index (κ1) is 15.3. The van der Waals surface area contributed by atoms with E-state index < -0.39 is 4.92 Å². The molecule has 0 saturated heterocycles. The van der Waals surface area contributed by atoms with E-state index in [1.165, 1.54) is 6.33 Å². The molecular weight excluding hydrogens is 308 g/mol. The highest BCUT2D eigenvalue weighted by Gasteiger charge is 2.23. The van der Waals surface area contributed by atoms with Crippen LogP contribution in [0.25, 0.3) is 0 Å². The van der Waals surface area contributed by atoms with Gasteiger partial charge in [0.2, 0.25) is 11.6 Å². The summed E-state index contributed by atoms with van der Waals surface area (Å²) in [6.07, 6.45) is 4.44. The van der Waals surface area contributed by atoms with Gasteiger partial charge in [-0.3, -0.25) is 15.1 Å². The minimum absolute atomic E-state index is 0.0950. The van der Waals surface area contributed by atoms with Crippen molar-refractivity contribution < 1.29 is 4.92 Å². The predicted molar refractivity (Wildman–Crippen MR) is 90.7 cm³/mol. The molecule has 3 rings (SSSR count). The minimum Gasteiger partial charge on any atom is -0.334 e. The molecule has 24 heavy (non-hydrogen) atoms. The normalized spacial score (nSPS) is 10.2. The van der Waals surface area contributed by atoms with E-state index in [-0.39, 0.29) is 17.3 Å². The Kier molecular flexibility index (Phi) is 4.28. The summed E-state index contributed by atoms with van der Waals surface area (Å²) in [4.78, 5) is 22.9. The number of hydrogen-bond acceptors (Lipinski definition) is 7. The standard InChI is InChI=1S/C16H14N6O2/c1-11-4-6-12(7-5-11)20-15-14(22(23)24)16(19-10-18-15)21-13-3-2-8-17-9-13/h2-10H,1H3,(H2,18,19,20,21). The molecule has 0 fully saturated rings. The molecule has 0 saturated carbocycles. The number of nitrogens with one attached hydrogen (secondary N) is 2. The van der Waals surface area contributed by atoms with Crippen LogP contribution < -0.4 is 10.6 Å². The second kappa shape index (κ2) is 6.69. The smallest absolute Gasteiger partial charge is 0.334 e. The molecule has 0 aliphatic carbocycles. The number of aryl methyl sites for hydroxylation is 1. The van der Waals surface area contributed by atoms with Crippen LogP contribution in [-0.4, -0.2) is 19.9 Å². The number of rotatable bonds is 5. The first-order valence-electron chi connectivity index (χ1n) is 7.13. The maximum atomic E-state index is 11.5. The van der Waals surface area contributed by atoms with Gasteiger partial charge in [-0.05, 0) is 31.2 Å². The van der Waals surface area contributed by atoms with Crippen LogP contribution in [0.3, 0.4) is 0 Å². The van der Waals surface area contributed by atoms with Gasteiger partial charge >= 0.3 is 5.69 Å². The SMILES string of the molecule is Cc1ccc(Nc2ncnc(Nc3cccnc3)c2[N+](=O)[O-])cc1. The molecule has 3 aromatic rings. The molecule has 120 valence electrons. The average Bonchev–Trinajstić information content (AvgIpc) is 2.58. The van der Waals surface area contributed by atoms with Gasteiger partial charge in [-0.15, -0.1) is 0 Å². The van der Waals surface area contributed by atoms with Crippen molar-refractivity contribution in [3.63, 3.8) is 0 Å². The van der Waals surface area contributed by atoms with E-state index in [9.17, 15) is 10.1 Å². The second-order valence-corrected chi connectivity index (χ2v) is 5.03. The Hall–Kier alpha value is -3.55. The van der Waals surface area contributed by atoms with E-state index in [1.807, 2.05) is 31.2 Å². The van der Waals surface area contributed by atoms with Crippen molar-refractivity contribution in [3.8, 4) is 0 Å². The third kappa shape index (κ3) is 3.43. The number of anilines is 4. The summed E-state index contributed by atoms with van der Waals surface area (Å²) < 4.78 is 0. The molecule has 0 aliphatic heterocycles. The van der Waals surface area contributed by atoms with Gasteiger partial charge in [0, 0.05) is 11.9 Å². The van der Waals surface area contributed by atoms with Crippen LogP contribution in [0.4, 0.5) is 28.7 Å². The molecule has 0 spiro atoms. The highest BCUT2D eigenvalue weighted by molar-refractivity contribution is 5.76. The molecule has 0 atom stereocenters. The van der Waals surface area contributed by atoms with Gasteiger partial charge in [0.05, 0.1) is 16.8 Å². The van der Waals surface area contributed by atoms with Gasteiger partial charge < -0.3 is 10.6 Å². The summed E-state index contributed by atoms with van der Waals surface area (Å²) in [6.45, 7) is 1.97. The Morgan fingerprint density at radius 3 is 2.25 bits per heavy atom. The average molecular weight is 322 g/mol. The Bertz CT molecular complexity index is 852. The summed E-state index contributed by atoms with van der Waals surface area (Å²) in [5.74, 6) is 0.211. The quantitative estimate of drug-likeness (QED) is 0.546. The van der Waals surface area contributed by atoms with E-state index in [4.69, 9.17) is 0 Å². The Morgan fingerprint density at radius 2 is 1.67 bits per heavy atom. The fraction of sp³-hybridized carbons (Fsp3) is 0.0625. The van der Waals surface area contributed by atoms with Crippen molar-refractivity contribution in [2.24, 2.45) is 0 Å². The first-order chi connectivity index (χ1) is 11.6. The fourth-order valence-electron chi connectivity index (χ4n) is 2.08. The van der Waals surface area contributed by atoms with Crippen LogP contribution in [0.15, 0.2) is 55.1 Å².